The van der Waals surface area contributed by atoms with Crippen molar-refractivity contribution < 1.29 is 9.18 Å². The Morgan fingerprint density at radius 2 is 1.93 bits per heavy atom. The smallest absolute Gasteiger partial charge is 0.253 e. The Bertz CT molecular complexity index is 1040. The number of carbonyl (C=O) groups is 1. The quantitative estimate of drug-likeness (QED) is 0.422. The van der Waals surface area contributed by atoms with E-state index in [2.05, 4.69) is 35.1 Å². The molecule has 0 aliphatic carbocycles. The summed E-state index contributed by atoms with van der Waals surface area (Å²) >= 11 is 5.04. The van der Waals surface area contributed by atoms with Crippen LogP contribution in [0.25, 0.3) is 11.0 Å². The van der Waals surface area contributed by atoms with Gasteiger partial charge in [0, 0.05) is 45.1 Å². The molecule has 2 aromatic heterocycles. The van der Waals surface area contributed by atoms with E-state index in [1.54, 1.807) is 12.4 Å². The van der Waals surface area contributed by atoms with Crippen LogP contribution in [-0.2, 0) is 0 Å². The Labute approximate surface area is 172 Å². The lowest BCUT2D eigenvalue weighted by Crippen LogP contribution is -2.47. The molecular weight excluding hydrogens is 393 g/mol. The average Bonchev–Trinajstić information content (AvgIpc) is 3.11. The molecule has 3 aromatic rings. The largest absolute Gasteiger partial charge is 0.352 e. The first-order valence-electron chi connectivity index (χ1n) is 9.54. The lowest BCUT2D eigenvalue weighted by Gasteiger charge is -2.34. The summed E-state index contributed by atoms with van der Waals surface area (Å²) in [5.41, 5.74) is 1.26. The first-order chi connectivity index (χ1) is 14.1. The number of fused-ring (bicyclic) bond motifs is 1. The number of carbonyl (C=O) groups excluding carboxylic acids is 1. The van der Waals surface area contributed by atoms with Gasteiger partial charge in [-0.2, -0.15) is 0 Å². The SMILES string of the molecule is O=C(NCCCN1CCN(c2ncccn2)CC1)c1cc(F)cc2[nH]c(=S)[nH]c12. The van der Waals surface area contributed by atoms with E-state index in [4.69, 9.17) is 12.2 Å². The van der Waals surface area contributed by atoms with Gasteiger partial charge in [0.1, 0.15) is 5.82 Å². The molecule has 3 N–H and O–H groups in total. The van der Waals surface area contributed by atoms with E-state index < -0.39 is 5.82 Å². The number of imidazole rings is 1. The van der Waals surface area contributed by atoms with E-state index >= 15 is 0 Å². The fourth-order valence-corrected chi connectivity index (χ4v) is 3.72. The minimum atomic E-state index is -0.479. The normalized spacial score (nSPS) is 15.0. The Balaban J connectivity index is 1.24. The van der Waals surface area contributed by atoms with Crippen molar-refractivity contribution in [1.82, 2.24) is 30.2 Å². The van der Waals surface area contributed by atoms with Gasteiger partial charge in [0.2, 0.25) is 5.95 Å². The number of nitrogens with zero attached hydrogens (tertiary/aromatic N) is 4. The van der Waals surface area contributed by atoms with Crippen molar-refractivity contribution in [2.75, 3.05) is 44.2 Å². The molecule has 0 spiro atoms. The van der Waals surface area contributed by atoms with E-state index in [1.165, 1.54) is 12.1 Å². The average molecular weight is 415 g/mol. The predicted octanol–water partition coefficient (Wildman–Crippen LogP) is 2.10. The molecule has 1 aromatic carbocycles. The highest BCUT2D eigenvalue weighted by atomic mass is 32.1. The summed E-state index contributed by atoms with van der Waals surface area (Å²) < 4.78 is 14.1. The number of aromatic nitrogens is 4. The highest BCUT2D eigenvalue weighted by Crippen LogP contribution is 2.18. The number of benzene rings is 1. The molecule has 10 heteroatoms. The van der Waals surface area contributed by atoms with E-state index in [1.807, 2.05) is 6.07 Å². The molecule has 152 valence electrons. The topological polar surface area (TPSA) is 92.9 Å². The predicted molar refractivity (Wildman–Crippen MR) is 111 cm³/mol. The van der Waals surface area contributed by atoms with Crippen LogP contribution in [0.5, 0.6) is 0 Å². The van der Waals surface area contributed by atoms with E-state index in [-0.39, 0.29) is 11.5 Å². The number of halogens is 1. The van der Waals surface area contributed by atoms with Gasteiger partial charge in [-0.3, -0.25) is 9.69 Å². The maximum absolute atomic E-state index is 13.8. The van der Waals surface area contributed by atoms with Gasteiger partial charge in [0.25, 0.3) is 5.91 Å². The second-order valence-corrected chi connectivity index (χ2v) is 7.35. The molecule has 0 unspecified atom stereocenters. The number of aromatic amines is 2. The zero-order valence-corrected chi connectivity index (χ0v) is 16.6. The van der Waals surface area contributed by atoms with Crippen LogP contribution in [0.3, 0.4) is 0 Å². The number of hydrogen-bond donors (Lipinski definition) is 3. The fourth-order valence-electron chi connectivity index (χ4n) is 3.51. The van der Waals surface area contributed by atoms with Gasteiger partial charge >= 0.3 is 0 Å². The van der Waals surface area contributed by atoms with E-state index in [9.17, 15) is 9.18 Å². The van der Waals surface area contributed by atoms with Gasteiger partial charge < -0.3 is 20.2 Å². The second-order valence-electron chi connectivity index (χ2n) is 6.94. The molecule has 1 aliphatic rings. The monoisotopic (exact) mass is 415 g/mol. The number of nitrogens with one attached hydrogen (secondary N) is 3. The number of hydrogen-bond acceptors (Lipinski definition) is 6. The maximum Gasteiger partial charge on any atom is 0.253 e. The molecule has 8 nitrogen and oxygen atoms in total. The molecule has 3 heterocycles. The van der Waals surface area contributed by atoms with Gasteiger partial charge in [0.05, 0.1) is 16.6 Å². The highest BCUT2D eigenvalue weighted by Gasteiger charge is 2.18. The molecule has 1 fully saturated rings. The van der Waals surface area contributed by atoms with Crippen LogP contribution in [-0.4, -0.2) is 70.0 Å². The van der Waals surface area contributed by atoms with Gasteiger partial charge in [-0.25, -0.2) is 14.4 Å². The number of piperazine rings is 1. The third-order valence-corrected chi connectivity index (χ3v) is 5.18. The van der Waals surface area contributed by atoms with Gasteiger partial charge in [-0.15, -0.1) is 0 Å². The minimum absolute atomic E-state index is 0.254. The van der Waals surface area contributed by atoms with Crippen molar-refractivity contribution in [3.8, 4) is 0 Å². The molecular formula is C19H22FN7OS. The van der Waals surface area contributed by atoms with Crippen molar-refractivity contribution in [2.45, 2.75) is 6.42 Å². The summed E-state index contributed by atoms with van der Waals surface area (Å²) in [5.74, 6) is -0.0245. The van der Waals surface area contributed by atoms with Crippen LogP contribution in [0, 0.1) is 10.6 Å². The van der Waals surface area contributed by atoms with Crippen LogP contribution in [0.4, 0.5) is 10.3 Å². The summed E-state index contributed by atoms with van der Waals surface area (Å²) in [7, 11) is 0. The van der Waals surface area contributed by atoms with Crippen LogP contribution in [0.15, 0.2) is 30.6 Å². The molecule has 1 amide bonds. The molecule has 0 atom stereocenters. The number of H-pyrrole nitrogens is 2. The number of anilines is 1. The fraction of sp³-hybridized carbons (Fsp3) is 0.368. The third-order valence-electron chi connectivity index (χ3n) is 4.98. The Kier molecular flexibility index (Phi) is 5.81. The first-order valence-corrected chi connectivity index (χ1v) is 9.95. The first kappa shape index (κ1) is 19.5. The van der Waals surface area contributed by atoms with Crippen molar-refractivity contribution in [3.05, 3.63) is 46.7 Å². The zero-order valence-electron chi connectivity index (χ0n) is 15.8. The Hall–Kier alpha value is -2.85. The lowest BCUT2D eigenvalue weighted by molar-refractivity contribution is 0.0952. The molecule has 0 radical (unpaired) electrons. The number of rotatable bonds is 6. The highest BCUT2D eigenvalue weighted by molar-refractivity contribution is 7.71. The second kappa shape index (κ2) is 8.66. The third kappa shape index (κ3) is 4.60. The standard InChI is InChI=1S/C19H22FN7OS/c20-13-11-14(16-15(12-13)24-19(29)25-16)17(28)21-5-2-6-26-7-9-27(10-8-26)18-22-3-1-4-23-18/h1,3-4,11-12H,2,5-10H2,(H,21,28)(H2,24,25,29). The van der Waals surface area contributed by atoms with Crippen molar-refractivity contribution >= 4 is 35.1 Å². The summed E-state index contributed by atoms with van der Waals surface area (Å²) in [6.07, 6.45) is 4.32. The van der Waals surface area contributed by atoms with E-state index in [0.717, 1.165) is 45.1 Å². The van der Waals surface area contributed by atoms with Gasteiger partial charge in [0.15, 0.2) is 4.77 Å². The van der Waals surface area contributed by atoms with Crippen LogP contribution in [0.1, 0.15) is 16.8 Å². The van der Waals surface area contributed by atoms with Gasteiger partial charge in [-0.05, 0) is 43.4 Å². The van der Waals surface area contributed by atoms with Crippen molar-refractivity contribution in [2.24, 2.45) is 0 Å². The summed E-state index contributed by atoms with van der Waals surface area (Å²) in [6.45, 7) is 5.01. The van der Waals surface area contributed by atoms with Crippen molar-refractivity contribution in [1.29, 1.82) is 0 Å². The van der Waals surface area contributed by atoms with Crippen molar-refractivity contribution in [3.63, 3.8) is 0 Å². The summed E-state index contributed by atoms with van der Waals surface area (Å²) in [4.78, 5) is 31.3. The maximum atomic E-state index is 13.8. The summed E-state index contributed by atoms with van der Waals surface area (Å²) in [6, 6.07) is 4.35. The van der Waals surface area contributed by atoms with E-state index in [0.29, 0.717) is 22.3 Å². The van der Waals surface area contributed by atoms with Crippen LogP contribution >= 0.6 is 12.2 Å². The summed E-state index contributed by atoms with van der Waals surface area (Å²) in [5, 5.41) is 2.87. The number of amides is 1. The Morgan fingerprint density at radius 3 is 2.69 bits per heavy atom. The Morgan fingerprint density at radius 1 is 1.17 bits per heavy atom. The minimum Gasteiger partial charge on any atom is -0.352 e. The molecule has 0 bridgehead atoms. The molecule has 0 saturated carbocycles. The molecule has 1 saturated heterocycles. The van der Waals surface area contributed by atoms with Crippen LogP contribution < -0.4 is 10.2 Å². The lowest BCUT2D eigenvalue weighted by atomic mass is 10.1. The van der Waals surface area contributed by atoms with Gasteiger partial charge in [-0.1, -0.05) is 0 Å². The molecule has 1 aliphatic heterocycles. The zero-order chi connectivity index (χ0) is 20.2. The van der Waals surface area contributed by atoms with Crippen LogP contribution in [0.2, 0.25) is 0 Å². The molecule has 4 rings (SSSR count). The molecule has 29 heavy (non-hydrogen) atoms.